The van der Waals surface area contributed by atoms with Crippen LogP contribution in [0.4, 0.5) is 4.39 Å². The Morgan fingerprint density at radius 1 is 1.36 bits per heavy atom. The van der Waals surface area contributed by atoms with Gasteiger partial charge in [0.25, 0.3) is 0 Å². The van der Waals surface area contributed by atoms with E-state index in [1.165, 1.54) is 24.3 Å². The fraction of sp³-hybridized carbons (Fsp3) is 0.375. The maximum absolute atomic E-state index is 13.6. The first-order chi connectivity index (χ1) is 10.5. The van der Waals surface area contributed by atoms with Crippen LogP contribution in [-0.4, -0.2) is 35.8 Å². The van der Waals surface area contributed by atoms with E-state index in [-0.39, 0.29) is 28.4 Å². The first-order valence-electron chi connectivity index (χ1n) is 7.15. The average Bonchev–Trinajstić information content (AvgIpc) is 2.47. The maximum atomic E-state index is 13.6. The average molecular weight is 325 g/mol. The number of nitrogens with one attached hydrogen (secondary N) is 1. The monoisotopic (exact) mass is 324 g/mol. The Labute approximate surface area is 133 Å². The molecule has 1 saturated heterocycles. The molecule has 0 aromatic heterocycles. The Balaban J connectivity index is 1.89. The minimum absolute atomic E-state index is 0.0313. The van der Waals surface area contributed by atoms with Gasteiger partial charge in [-0.2, -0.15) is 0 Å². The molecule has 22 heavy (non-hydrogen) atoms. The highest BCUT2D eigenvalue weighted by atomic mass is 35.5. The molecule has 1 aromatic carbocycles. The molecule has 0 unspecified atom stereocenters. The molecule has 0 radical (unpaired) electrons. The number of carbonyl (C=O) groups excluding carboxylic acids is 2. The molecule has 0 atom stereocenters. The number of rotatable bonds is 3. The lowest BCUT2D eigenvalue weighted by Gasteiger charge is -2.31. The van der Waals surface area contributed by atoms with Gasteiger partial charge in [0.2, 0.25) is 11.8 Å². The van der Waals surface area contributed by atoms with Gasteiger partial charge in [-0.25, -0.2) is 4.39 Å². The van der Waals surface area contributed by atoms with Crippen LogP contribution < -0.4 is 5.32 Å². The van der Waals surface area contributed by atoms with Crippen LogP contribution in [-0.2, 0) is 9.59 Å². The van der Waals surface area contributed by atoms with E-state index in [1.54, 1.807) is 17.9 Å². The molecule has 2 rings (SSSR count). The van der Waals surface area contributed by atoms with Crippen molar-refractivity contribution in [3.05, 3.63) is 40.7 Å². The molecule has 1 aliphatic rings. The molecular weight excluding hydrogens is 307 g/mol. The van der Waals surface area contributed by atoms with Crippen molar-refractivity contribution in [3.8, 4) is 0 Å². The minimum atomic E-state index is -0.466. The smallest absolute Gasteiger partial charge is 0.244 e. The quantitative estimate of drug-likeness (QED) is 0.869. The second-order valence-electron chi connectivity index (χ2n) is 5.26. The lowest BCUT2D eigenvalue weighted by Crippen LogP contribution is -2.45. The van der Waals surface area contributed by atoms with Gasteiger partial charge in [-0.15, -0.1) is 0 Å². The van der Waals surface area contributed by atoms with Crippen LogP contribution in [0.3, 0.4) is 0 Å². The van der Waals surface area contributed by atoms with Gasteiger partial charge in [0.15, 0.2) is 0 Å². The Hall–Kier alpha value is -1.88. The third-order valence-corrected chi connectivity index (χ3v) is 4.02. The van der Waals surface area contributed by atoms with Gasteiger partial charge in [-0.05, 0) is 31.1 Å². The van der Waals surface area contributed by atoms with E-state index in [1.807, 2.05) is 0 Å². The molecule has 0 spiro atoms. The summed E-state index contributed by atoms with van der Waals surface area (Å²) in [6.45, 7) is 2.83. The number of carbonyl (C=O) groups is 2. The van der Waals surface area contributed by atoms with Crippen molar-refractivity contribution in [2.75, 3.05) is 13.1 Å². The molecule has 1 aromatic rings. The minimum Gasteiger partial charge on any atom is -0.350 e. The lowest BCUT2D eigenvalue weighted by molar-refractivity contribution is -0.129. The molecule has 0 bridgehead atoms. The number of amides is 2. The van der Waals surface area contributed by atoms with Gasteiger partial charge in [0.1, 0.15) is 5.82 Å². The number of halogens is 2. The van der Waals surface area contributed by atoms with E-state index in [9.17, 15) is 14.0 Å². The van der Waals surface area contributed by atoms with Crippen LogP contribution in [0.1, 0.15) is 25.3 Å². The summed E-state index contributed by atoms with van der Waals surface area (Å²) in [4.78, 5) is 24.9. The summed E-state index contributed by atoms with van der Waals surface area (Å²) >= 11 is 5.89. The van der Waals surface area contributed by atoms with Crippen molar-refractivity contribution in [3.63, 3.8) is 0 Å². The summed E-state index contributed by atoms with van der Waals surface area (Å²) in [6, 6.07) is 4.40. The zero-order chi connectivity index (χ0) is 16.1. The molecule has 1 aliphatic heterocycles. The van der Waals surface area contributed by atoms with E-state index >= 15 is 0 Å². The van der Waals surface area contributed by atoms with Crippen LogP contribution in [0.15, 0.2) is 24.3 Å². The number of piperidine rings is 1. The largest absolute Gasteiger partial charge is 0.350 e. The molecule has 1 heterocycles. The summed E-state index contributed by atoms with van der Waals surface area (Å²) in [5.74, 6) is -0.703. The number of hydrogen-bond acceptors (Lipinski definition) is 2. The van der Waals surface area contributed by atoms with Gasteiger partial charge in [-0.3, -0.25) is 9.59 Å². The highest BCUT2D eigenvalue weighted by molar-refractivity contribution is 6.32. The molecule has 2 amide bonds. The SMILES string of the molecule is CC(=O)N1CCC(NC(=O)C=Cc2c(F)cccc2Cl)CC1. The van der Waals surface area contributed by atoms with Crippen molar-refractivity contribution in [1.29, 1.82) is 0 Å². The Kier molecular flexibility index (Phi) is 5.55. The maximum Gasteiger partial charge on any atom is 0.244 e. The molecule has 4 nitrogen and oxygen atoms in total. The zero-order valence-electron chi connectivity index (χ0n) is 12.3. The standard InChI is InChI=1S/C16H18ClFN2O2/c1-11(21)20-9-7-12(8-10-20)19-16(22)6-5-13-14(17)3-2-4-15(13)18/h2-6,12H,7-10H2,1H3,(H,19,22). The molecule has 1 fully saturated rings. The van der Waals surface area contributed by atoms with Crippen molar-refractivity contribution in [2.45, 2.75) is 25.8 Å². The predicted octanol–water partition coefficient (Wildman–Crippen LogP) is 2.62. The Morgan fingerprint density at radius 3 is 2.64 bits per heavy atom. The normalized spacial score (nSPS) is 16.0. The third-order valence-electron chi connectivity index (χ3n) is 3.69. The van der Waals surface area contributed by atoms with Gasteiger partial charge in [-0.1, -0.05) is 17.7 Å². The number of nitrogens with zero attached hydrogens (tertiary/aromatic N) is 1. The van der Waals surface area contributed by atoms with Crippen molar-refractivity contribution < 1.29 is 14.0 Å². The summed E-state index contributed by atoms with van der Waals surface area (Å²) < 4.78 is 13.6. The summed E-state index contributed by atoms with van der Waals surface area (Å²) in [5.41, 5.74) is 0.200. The molecule has 0 aliphatic carbocycles. The van der Waals surface area contributed by atoms with Gasteiger partial charge in [0, 0.05) is 37.7 Å². The van der Waals surface area contributed by atoms with Crippen LogP contribution >= 0.6 is 11.6 Å². The molecule has 118 valence electrons. The highest BCUT2D eigenvalue weighted by Crippen LogP contribution is 2.20. The topological polar surface area (TPSA) is 49.4 Å². The fourth-order valence-electron chi connectivity index (χ4n) is 2.42. The number of hydrogen-bond donors (Lipinski definition) is 1. The van der Waals surface area contributed by atoms with Gasteiger partial charge >= 0.3 is 0 Å². The van der Waals surface area contributed by atoms with Gasteiger partial charge in [0.05, 0.1) is 5.02 Å². The Bertz CT molecular complexity index is 576. The molecule has 1 N–H and O–H groups in total. The van der Waals surface area contributed by atoms with E-state index in [0.29, 0.717) is 13.1 Å². The van der Waals surface area contributed by atoms with Gasteiger partial charge < -0.3 is 10.2 Å². The van der Waals surface area contributed by atoms with Crippen LogP contribution in [0.5, 0.6) is 0 Å². The fourth-order valence-corrected chi connectivity index (χ4v) is 2.64. The number of likely N-dealkylation sites (tertiary alicyclic amines) is 1. The van der Waals surface area contributed by atoms with E-state index in [0.717, 1.165) is 12.8 Å². The molecular formula is C16H18ClFN2O2. The molecule has 6 heteroatoms. The zero-order valence-corrected chi connectivity index (χ0v) is 13.1. The van der Waals surface area contributed by atoms with E-state index < -0.39 is 5.82 Å². The highest BCUT2D eigenvalue weighted by Gasteiger charge is 2.21. The number of benzene rings is 1. The van der Waals surface area contributed by atoms with Crippen LogP contribution in [0.25, 0.3) is 6.08 Å². The second-order valence-corrected chi connectivity index (χ2v) is 5.66. The predicted molar refractivity (Wildman–Crippen MR) is 83.9 cm³/mol. The summed E-state index contributed by atoms with van der Waals surface area (Å²) in [6.07, 6.45) is 4.10. The second kappa shape index (κ2) is 7.40. The first-order valence-corrected chi connectivity index (χ1v) is 7.53. The third kappa shape index (κ3) is 4.31. The summed E-state index contributed by atoms with van der Waals surface area (Å²) in [7, 11) is 0. The van der Waals surface area contributed by atoms with E-state index in [4.69, 9.17) is 11.6 Å². The van der Waals surface area contributed by atoms with E-state index in [2.05, 4.69) is 5.32 Å². The van der Waals surface area contributed by atoms with Crippen LogP contribution in [0, 0.1) is 5.82 Å². The van der Waals surface area contributed by atoms with Crippen molar-refractivity contribution in [2.24, 2.45) is 0 Å². The summed E-state index contributed by atoms with van der Waals surface area (Å²) in [5, 5.41) is 3.12. The first kappa shape index (κ1) is 16.5. The van der Waals surface area contributed by atoms with Crippen LogP contribution in [0.2, 0.25) is 5.02 Å². The lowest BCUT2D eigenvalue weighted by atomic mass is 10.0. The van der Waals surface area contributed by atoms with Crippen molar-refractivity contribution in [1.82, 2.24) is 10.2 Å². The molecule has 0 saturated carbocycles. The Morgan fingerprint density at radius 2 is 2.05 bits per heavy atom. The van der Waals surface area contributed by atoms with Crippen molar-refractivity contribution >= 4 is 29.5 Å².